The Kier molecular flexibility index (Phi) is 10.4. The summed E-state index contributed by atoms with van der Waals surface area (Å²) in [6, 6.07) is -0.734. The first kappa shape index (κ1) is 29.1. The molecule has 0 saturated heterocycles. The Morgan fingerprint density at radius 2 is 1.45 bits per heavy atom. The second-order valence-electron chi connectivity index (χ2n) is 10.4. The van der Waals surface area contributed by atoms with E-state index in [-0.39, 0.29) is 17.4 Å². The van der Waals surface area contributed by atoms with Crippen molar-refractivity contribution in [2.24, 2.45) is 5.92 Å². The molecule has 0 fully saturated rings. The fraction of sp³-hybridized carbons (Fsp3) is 0.810. The van der Waals surface area contributed by atoms with Gasteiger partial charge in [0.05, 0.1) is 6.04 Å². The first-order valence-electron chi connectivity index (χ1n) is 10.6. The summed E-state index contributed by atoms with van der Waals surface area (Å²) in [6.07, 6.45) is -1.76. The molecule has 3 amide bonds. The van der Waals surface area contributed by atoms with Crippen LogP contribution in [0.4, 0.5) is 4.79 Å². The van der Waals surface area contributed by atoms with Gasteiger partial charge >= 0.3 is 12.0 Å². The fourth-order valence-electron chi connectivity index (χ4n) is 2.24. The molecule has 0 aromatic carbocycles. The Morgan fingerprint density at radius 1 is 0.935 bits per heavy atom. The van der Waals surface area contributed by atoms with E-state index in [1.165, 1.54) is 0 Å². The molecule has 2 atom stereocenters. The molecule has 0 aliphatic rings. The molecule has 0 aromatic heterocycles. The fourth-order valence-corrected chi connectivity index (χ4v) is 3.48. The lowest BCUT2D eigenvalue weighted by molar-refractivity contribution is -0.141. The summed E-state index contributed by atoms with van der Waals surface area (Å²) in [6.45, 7) is 20.5. The lowest BCUT2D eigenvalue weighted by atomic mass is 9.98. The molecule has 31 heavy (non-hydrogen) atoms. The van der Waals surface area contributed by atoms with E-state index in [4.69, 9.17) is 9.16 Å². The van der Waals surface area contributed by atoms with Crippen molar-refractivity contribution in [1.29, 1.82) is 0 Å². The molecule has 0 aliphatic heterocycles. The Bertz CT molecular complexity index is 665. The van der Waals surface area contributed by atoms with Crippen LogP contribution in [-0.4, -0.2) is 49.8 Å². The van der Waals surface area contributed by atoms with Gasteiger partial charge in [0, 0.05) is 6.42 Å². The van der Waals surface area contributed by atoms with Crippen molar-refractivity contribution in [1.82, 2.24) is 16.2 Å². The van der Waals surface area contributed by atoms with Gasteiger partial charge in [-0.3, -0.25) is 25.2 Å². The highest BCUT2D eigenvalue weighted by molar-refractivity contribution is 6.74. The summed E-state index contributed by atoms with van der Waals surface area (Å²) in [5.41, 5.74) is 3.69. The zero-order chi connectivity index (χ0) is 24.8. The van der Waals surface area contributed by atoms with Crippen LogP contribution in [0, 0.1) is 5.92 Å². The number of hydrazine groups is 1. The number of carbonyl (C=O) groups is 4. The number of alkyl carbamates (subject to hydrolysis) is 1. The minimum Gasteiger partial charge on any atom is -0.444 e. The predicted octanol–water partition coefficient (Wildman–Crippen LogP) is 3.05. The van der Waals surface area contributed by atoms with Crippen LogP contribution in [0.2, 0.25) is 18.1 Å². The van der Waals surface area contributed by atoms with Gasteiger partial charge in [0.15, 0.2) is 8.32 Å². The molecule has 0 radical (unpaired) electrons. The van der Waals surface area contributed by atoms with E-state index in [0.29, 0.717) is 0 Å². The second-order valence-corrected chi connectivity index (χ2v) is 15.2. The maximum atomic E-state index is 13.0. The molecular formula is C21H41N3O6Si. The molecule has 2 unspecified atom stereocenters. The number of nitrogens with one attached hydrogen (secondary N) is 3. The van der Waals surface area contributed by atoms with Gasteiger partial charge in [0.25, 0.3) is 5.91 Å². The van der Waals surface area contributed by atoms with E-state index in [1.54, 1.807) is 27.7 Å². The average Bonchev–Trinajstić information content (AvgIpc) is 2.58. The van der Waals surface area contributed by atoms with Crippen molar-refractivity contribution >= 4 is 32.0 Å². The molecule has 180 valence electrons. The molecule has 0 saturated carbocycles. The monoisotopic (exact) mass is 459 g/mol. The number of hydrogen-bond acceptors (Lipinski definition) is 6. The highest BCUT2D eigenvalue weighted by Crippen LogP contribution is 2.38. The van der Waals surface area contributed by atoms with E-state index in [0.717, 1.165) is 0 Å². The van der Waals surface area contributed by atoms with Crippen LogP contribution in [0.15, 0.2) is 0 Å². The van der Waals surface area contributed by atoms with E-state index in [9.17, 15) is 19.2 Å². The number of Topliss-reactive ketones (excluding diaryl/α,β-unsaturated/α-hetero) is 1. The number of ketones is 1. The highest BCUT2D eigenvalue weighted by Gasteiger charge is 2.44. The van der Waals surface area contributed by atoms with Crippen molar-refractivity contribution in [3.8, 4) is 0 Å². The standard InChI is InChI=1S/C21H41N3O6Si/c1-12-14(25)17(26)23-24-18(27)16(30-31(10,11)21(7,8)9)15(13(2)3)22-19(28)29-20(4,5)6/h13,15-16H,12H2,1-11H3,(H,22,28)(H,23,26)(H,24,27). The van der Waals surface area contributed by atoms with Crippen molar-refractivity contribution in [2.75, 3.05) is 0 Å². The summed E-state index contributed by atoms with van der Waals surface area (Å²) >= 11 is 0. The smallest absolute Gasteiger partial charge is 0.407 e. The van der Waals surface area contributed by atoms with Gasteiger partial charge in [-0.05, 0) is 44.8 Å². The van der Waals surface area contributed by atoms with Crippen LogP contribution in [0.25, 0.3) is 0 Å². The van der Waals surface area contributed by atoms with Crippen molar-refractivity contribution in [2.45, 2.75) is 105 Å². The zero-order valence-corrected chi connectivity index (χ0v) is 21.9. The number of ether oxygens (including phenoxy) is 1. The minimum absolute atomic E-state index is 0.0143. The zero-order valence-electron chi connectivity index (χ0n) is 20.9. The van der Waals surface area contributed by atoms with Gasteiger partial charge in [-0.25, -0.2) is 4.79 Å². The van der Waals surface area contributed by atoms with Crippen molar-refractivity contribution in [3.05, 3.63) is 0 Å². The van der Waals surface area contributed by atoms with Crippen LogP contribution >= 0.6 is 0 Å². The van der Waals surface area contributed by atoms with Gasteiger partial charge in [-0.15, -0.1) is 0 Å². The molecule has 3 N–H and O–H groups in total. The van der Waals surface area contributed by atoms with Gasteiger partial charge in [-0.2, -0.15) is 0 Å². The van der Waals surface area contributed by atoms with E-state index in [2.05, 4.69) is 16.2 Å². The first-order valence-corrected chi connectivity index (χ1v) is 13.5. The van der Waals surface area contributed by atoms with E-state index < -0.39 is 49.8 Å². The molecule has 9 nitrogen and oxygen atoms in total. The SMILES string of the molecule is CCC(=O)C(=O)NNC(=O)C(O[Si](C)(C)C(C)(C)C)C(NC(=O)OC(C)(C)C)C(C)C. The van der Waals surface area contributed by atoms with Crippen molar-refractivity contribution in [3.63, 3.8) is 0 Å². The molecule has 10 heteroatoms. The van der Waals surface area contributed by atoms with Gasteiger partial charge in [0.2, 0.25) is 5.78 Å². The number of carbonyl (C=O) groups excluding carboxylic acids is 4. The van der Waals surface area contributed by atoms with E-state index in [1.807, 2.05) is 47.7 Å². The first-order chi connectivity index (χ1) is 13.8. The third kappa shape index (κ3) is 9.81. The average molecular weight is 460 g/mol. The van der Waals surface area contributed by atoms with Crippen LogP contribution in [0.5, 0.6) is 0 Å². The summed E-state index contributed by atoms with van der Waals surface area (Å²) < 4.78 is 11.7. The Balaban J connectivity index is 5.83. The normalized spacial score (nSPS) is 14.5. The van der Waals surface area contributed by atoms with Crippen molar-refractivity contribution < 1.29 is 28.3 Å². The lowest BCUT2D eigenvalue weighted by Gasteiger charge is -2.41. The van der Waals surface area contributed by atoms with E-state index >= 15 is 0 Å². The third-order valence-electron chi connectivity index (χ3n) is 5.09. The van der Waals surface area contributed by atoms with Crippen LogP contribution in [0.3, 0.4) is 0 Å². The summed E-state index contributed by atoms with van der Waals surface area (Å²) in [5, 5.41) is 2.54. The quantitative estimate of drug-likeness (QED) is 0.291. The maximum absolute atomic E-state index is 13.0. The predicted molar refractivity (Wildman–Crippen MR) is 122 cm³/mol. The summed E-state index contributed by atoms with van der Waals surface area (Å²) in [5.74, 6) is -2.42. The van der Waals surface area contributed by atoms with Gasteiger partial charge in [-0.1, -0.05) is 41.5 Å². The largest absolute Gasteiger partial charge is 0.444 e. The molecule has 0 aromatic rings. The maximum Gasteiger partial charge on any atom is 0.407 e. The number of hydrogen-bond donors (Lipinski definition) is 3. The molecule has 0 spiro atoms. The summed E-state index contributed by atoms with van der Waals surface area (Å²) in [7, 11) is -2.45. The minimum atomic E-state index is -2.45. The molecule has 0 aliphatic carbocycles. The van der Waals surface area contributed by atoms with Crippen LogP contribution in [0.1, 0.15) is 68.7 Å². The molecule has 0 heterocycles. The van der Waals surface area contributed by atoms with Gasteiger partial charge < -0.3 is 14.5 Å². The second kappa shape index (κ2) is 11.1. The van der Waals surface area contributed by atoms with Crippen LogP contribution in [-0.2, 0) is 23.5 Å². The number of amides is 3. The molecule has 0 bridgehead atoms. The Hall–Kier alpha value is -1.94. The lowest BCUT2D eigenvalue weighted by Crippen LogP contribution is -2.61. The Morgan fingerprint density at radius 3 is 1.84 bits per heavy atom. The third-order valence-corrected chi connectivity index (χ3v) is 9.54. The number of rotatable bonds is 8. The van der Waals surface area contributed by atoms with Crippen LogP contribution < -0.4 is 16.2 Å². The molecule has 0 rings (SSSR count). The summed E-state index contributed by atoms with van der Waals surface area (Å²) in [4.78, 5) is 48.8. The topological polar surface area (TPSA) is 123 Å². The Labute approximate surface area is 187 Å². The molecular weight excluding hydrogens is 418 g/mol. The van der Waals surface area contributed by atoms with Gasteiger partial charge in [0.1, 0.15) is 11.7 Å². The highest BCUT2D eigenvalue weighted by atomic mass is 28.4.